The monoisotopic (exact) mass is 151 g/mol. The molecule has 0 fully saturated rings. The van der Waals surface area contributed by atoms with E-state index in [1.54, 1.807) is 31.1 Å². The molecule has 58 valence electrons. The van der Waals surface area contributed by atoms with E-state index in [0.29, 0.717) is 0 Å². The first-order valence-electron chi connectivity index (χ1n) is 2.97. The van der Waals surface area contributed by atoms with Crippen LogP contribution in [0.25, 0.3) is 0 Å². The van der Waals surface area contributed by atoms with Gasteiger partial charge in [-0.25, -0.2) is 0 Å². The van der Waals surface area contributed by atoms with E-state index in [9.17, 15) is 0 Å². The number of rotatable bonds is 2. The second-order valence-electron chi connectivity index (χ2n) is 2.19. The van der Waals surface area contributed by atoms with Gasteiger partial charge in [-0.05, 0) is 0 Å². The van der Waals surface area contributed by atoms with E-state index in [1.165, 1.54) is 6.20 Å². The summed E-state index contributed by atoms with van der Waals surface area (Å²) in [7, 11) is 3.42. The van der Waals surface area contributed by atoms with E-state index in [0.717, 1.165) is 0 Å². The number of hydrogen-bond acceptors (Lipinski definition) is 4. The zero-order chi connectivity index (χ0) is 8.85. The van der Waals surface area contributed by atoms with Gasteiger partial charge in [0.25, 0.3) is 0 Å². The lowest BCUT2D eigenvalue weighted by Gasteiger charge is -2.06. The normalized spacial score (nSPS) is 13.0. The molecule has 0 heterocycles. The predicted molar refractivity (Wildman–Crippen MR) is 39.0 cm³/mol. The van der Waals surface area contributed by atoms with Gasteiger partial charge in [0, 0.05) is 20.3 Å². The smallest absolute Gasteiger partial charge is 0.177 e. The lowest BCUT2D eigenvalue weighted by Crippen LogP contribution is -2.10. The zero-order valence-corrected chi connectivity index (χ0v) is 6.44. The van der Waals surface area contributed by atoms with Gasteiger partial charge in [0.05, 0.1) is 11.6 Å². The first-order chi connectivity index (χ1) is 5.11. The second-order valence-corrected chi connectivity index (χ2v) is 2.19. The molecule has 4 nitrogen and oxygen atoms in total. The molecule has 0 aromatic rings. The van der Waals surface area contributed by atoms with Gasteiger partial charge in [-0.2, -0.15) is 10.5 Å². The molecule has 0 aliphatic carbocycles. The molecule has 1 atom stereocenters. The van der Waals surface area contributed by atoms with Crippen LogP contribution < -0.4 is 0 Å². The molecule has 0 aromatic heterocycles. The van der Waals surface area contributed by atoms with Crippen LogP contribution >= 0.6 is 0 Å². The summed E-state index contributed by atoms with van der Waals surface area (Å²) in [6.45, 7) is 0. The van der Waals surface area contributed by atoms with Gasteiger partial charge in [-0.1, -0.05) is 0 Å². The van der Waals surface area contributed by atoms with Crippen molar-refractivity contribution in [3.63, 3.8) is 0 Å². The summed E-state index contributed by atoms with van der Waals surface area (Å²) in [5, 5.41) is 25.5. The predicted octanol–water partition coefficient (Wildman–Crippen LogP) is -0.160. The van der Waals surface area contributed by atoms with Gasteiger partial charge < -0.3 is 10.0 Å². The first-order valence-corrected chi connectivity index (χ1v) is 2.97. The molecule has 0 saturated carbocycles. The van der Waals surface area contributed by atoms with Crippen molar-refractivity contribution in [2.45, 2.75) is 6.10 Å². The van der Waals surface area contributed by atoms with Crippen LogP contribution in [-0.2, 0) is 0 Å². The zero-order valence-electron chi connectivity index (χ0n) is 6.44. The third kappa shape index (κ3) is 3.24. The maximum atomic E-state index is 8.89. The average Bonchev–Trinajstić information content (AvgIpc) is 1.98. The van der Waals surface area contributed by atoms with E-state index in [-0.39, 0.29) is 5.57 Å². The molecular formula is C7H9N3O. The Balaban J connectivity index is 4.46. The van der Waals surface area contributed by atoms with E-state index >= 15 is 0 Å². The van der Waals surface area contributed by atoms with Crippen LogP contribution in [-0.4, -0.2) is 30.2 Å². The molecule has 0 rings (SSSR count). The average molecular weight is 151 g/mol. The Morgan fingerprint density at radius 1 is 1.55 bits per heavy atom. The maximum Gasteiger partial charge on any atom is 0.177 e. The Hall–Kier alpha value is -1.52. The number of nitrogens with zero attached hydrogens (tertiary/aromatic N) is 3. The Bertz CT molecular complexity index is 231. The molecule has 1 unspecified atom stereocenters. The van der Waals surface area contributed by atoms with Crippen molar-refractivity contribution < 1.29 is 5.11 Å². The quantitative estimate of drug-likeness (QED) is 0.439. The van der Waals surface area contributed by atoms with Gasteiger partial charge in [0.2, 0.25) is 0 Å². The summed E-state index contributed by atoms with van der Waals surface area (Å²) in [4.78, 5) is 1.60. The van der Waals surface area contributed by atoms with Crippen LogP contribution in [0.4, 0.5) is 0 Å². The fraction of sp³-hybridized carbons (Fsp3) is 0.429. The molecule has 0 aliphatic rings. The second kappa shape index (κ2) is 4.32. The molecule has 0 aliphatic heterocycles. The Morgan fingerprint density at radius 3 is 2.36 bits per heavy atom. The van der Waals surface area contributed by atoms with E-state index in [4.69, 9.17) is 15.6 Å². The van der Waals surface area contributed by atoms with Crippen molar-refractivity contribution in [2.75, 3.05) is 14.1 Å². The molecular weight excluding hydrogens is 142 g/mol. The highest BCUT2D eigenvalue weighted by molar-refractivity contribution is 5.29. The standard InChI is InChI=1S/C7H9N3O/c1-10(2)5-6(3-8)7(11)4-9/h5,7,11H,1-2H3. The molecule has 11 heavy (non-hydrogen) atoms. The number of aliphatic hydroxyl groups excluding tert-OH is 1. The van der Waals surface area contributed by atoms with Crippen molar-refractivity contribution in [1.29, 1.82) is 10.5 Å². The molecule has 0 spiro atoms. The minimum absolute atomic E-state index is 0.0532. The summed E-state index contributed by atoms with van der Waals surface area (Å²) in [6.07, 6.45) is 0.0934. The van der Waals surface area contributed by atoms with Gasteiger partial charge in [-0.3, -0.25) is 0 Å². The summed E-state index contributed by atoms with van der Waals surface area (Å²) < 4.78 is 0. The maximum absolute atomic E-state index is 8.89. The van der Waals surface area contributed by atoms with E-state index in [1.807, 2.05) is 0 Å². The van der Waals surface area contributed by atoms with Crippen molar-refractivity contribution >= 4 is 0 Å². The summed E-state index contributed by atoms with van der Waals surface area (Å²) in [5.74, 6) is 0. The van der Waals surface area contributed by atoms with Crippen molar-refractivity contribution in [2.24, 2.45) is 0 Å². The van der Waals surface area contributed by atoms with Gasteiger partial charge >= 0.3 is 0 Å². The van der Waals surface area contributed by atoms with Crippen molar-refractivity contribution in [1.82, 2.24) is 4.90 Å². The third-order valence-electron chi connectivity index (χ3n) is 0.943. The van der Waals surface area contributed by atoms with Gasteiger partial charge in [-0.15, -0.1) is 0 Å². The molecule has 0 amide bonds. The third-order valence-corrected chi connectivity index (χ3v) is 0.943. The minimum atomic E-state index is -1.32. The summed E-state index contributed by atoms with van der Waals surface area (Å²) >= 11 is 0. The highest BCUT2D eigenvalue weighted by Gasteiger charge is 2.07. The molecule has 0 saturated heterocycles. The topological polar surface area (TPSA) is 71.1 Å². The first kappa shape index (κ1) is 9.48. The van der Waals surface area contributed by atoms with Crippen molar-refractivity contribution in [3.05, 3.63) is 11.8 Å². The van der Waals surface area contributed by atoms with E-state index in [2.05, 4.69) is 0 Å². The van der Waals surface area contributed by atoms with E-state index < -0.39 is 6.10 Å². The van der Waals surface area contributed by atoms with Crippen LogP contribution in [0.3, 0.4) is 0 Å². The molecule has 0 radical (unpaired) electrons. The molecule has 0 aromatic carbocycles. The fourth-order valence-electron chi connectivity index (χ4n) is 0.508. The summed E-state index contributed by atoms with van der Waals surface area (Å²) in [6, 6.07) is 3.29. The van der Waals surface area contributed by atoms with Gasteiger partial charge in [0.15, 0.2) is 6.10 Å². The lowest BCUT2D eigenvalue weighted by atomic mass is 10.2. The molecule has 1 N–H and O–H groups in total. The highest BCUT2D eigenvalue weighted by Crippen LogP contribution is 1.99. The number of nitriles is 2. The van der Waals surface area contributed by atoms with Crippen LogP contribution in [0.5, 0.6) is 0 Å². The Kier molecular flexibility index (Phi) is 3.72. The highest BCUT2D eigenvalue weighted by atomic mass is 16.3. The molecule has 0 bridgehead atoms. The van der Waals surface area contributed by atoms with Crippen LogP contribution in [0.15, 0.2) is 11.8 Å². The fourth-order valence-corrected chi connectivity index (χ4v) is 0.508. The lowest BCUT2D eigenvalue weighted by molar-refractivity contribution is 0.268. The number of hydrogen-bond donors (Lipinski definition) is 1. The van der Waals surface area contributed by atoms with Gasteiger partial charge in [0.1, 0.15) is 6.07 Å². The number of aliphatic hydroxyl groups is 1. The summed E-state index contributed by atoms with van der Waals surface area (Å²) in [5.41, 5.74) is 0.0532. The van der Waals surface area contributed by atoms with Crippen molar-refractivity contribution in [3.8, 4) is 12.1 Å². The largest absolute Gasteiger partial charge is 0.383 e. The van der Waals surface area contributed by atoms with Crippen LogP contribution in [0.1, 0.15) is 0 Å². The Morgan fingerprint density at radius 2 is 2.09 bits per heavy atom. The SMILES string of the molecule is CN(C)C=C(C#N)C(O)C#N. The Labute approximate surface area is 65.6 Å². The van der Waals surface area contributed by atoms with Crippen LogP contribution in [0, 0.1) is 22.7 Å². The van der Waals surface area contributed by atoms with Crippen LogP contribution in [0.2, 0.25) is 0 Å². The minimum Gasteiger partial charge on any atom is -0.383 e. The molecule has 4 heteroatoms.